The molecule has 2 aromatic carbocycles. The van der Waals surface area contributed by atoms with Gasteiger partial charge in [0.15, 0.2) is 0 Å². The Morgan fingerprint density at radius 1 is 1.11 bits per heavy atom. The molecule has 142 valence electrons. The van der Waals surface area contributed by atoms with Crippen LogP contribution in [-0.2, 0) is 16.9 Å². The van der Waals surface area contributed by atoms with Gasteiger partial charge in [-0.3, -0.25) is 14.5 Å². The van der Waals surface area contributed by atoms with Crippen LogP contribution in [0.15, 0.2) is 48.5 Å². The molecule has 0 saturated carbocycles. The molecule has 7 heteroatoms. The number of nitrogens with zero attached hydrogens (tertiary/aromatic N) is 3. The van der Waals surface area contributed by atoms with Gasteiger partial charge in [-0.25, -0.2) is 4.79 Å². The fraction of sp³-hybridized carbons (Fsp3) is 0.238. The number of rotatable bonds is 4. The molecule has 0 bridgehead atoms. The van der Waals surface area contributed by atoms with Crippen molar-refractivity contribution in [1.82, 2.24) is 15.1 Å². The maximum atomic E-state index is 13.0. The number of amides is 4. The first-order valence-electron chi connectivity index (χ1n) is 8.71. The van der Waals surface area contributed by atoms with Crippen molar-refractivity contribution in [2.24, 2.45) is 0 Å². The average Bonchev–Trinajstić information content (AvgIpc) is 2.92. The SMILES string of the molecule is CN(C)C(=O)c1ccc(CN2C(=O)NC(C)(c3ccc(C#N)cc3)C2=O)cc1. The van der Waals surface area contributed by atoms with Crippen molar-refractivity contribution in [2.75, 3.05) is 14.1 Å². The Bertz CT molecular complexity index is 974. The van der Waals surface area contributed by atoms with Gasteiger partial charge in [-0.2, -0.15) is 5.26 Å². The van der Waals surface area contributed by atoms with Crippen LogP contribution in [0.4, 0.5) is 4.79 Å². The van der Waals surface area contributed by atoms with Gasteiger partial charge in [0, 0.05) is 19.7 Å². The quantitative estimate of drug-likeness (QED) is 0.828. The van der Waals surface area contributed by atoms with Gasteiger partial charge in [0.1, 0.15) is 5.54 Å². The van der Waals surface area contributed by atoms with E-state index in [1.807, 2.05) is 6.07 Å². The molecule has 1 unspecified atom stereocenters. The van der Waals surface area contributed by atoms with Gasteiger partial charge in [0.2, 0.25) is 0 Å². The molecule has 28 heavy (non-hydrogen) atoms. The molecule has 7 nitrogen and oxygen atoms in total. The van der Waals surface area contributed by atoms with E-state index in [1.165, 1.54) is 4.90 Å². The Morgan fingerprint density at radius 2 is 1.71 bits per heavy atom. The van der Waals surface area contributed by atoms with Gasteiger partial charge >= 0.3 is 6.03 Å². The maximum absolute atomic E-state index is 13.0. The number of imide groups is 1. The van der Waals surface area contributed by atoms with Crippen LogP contribution >= 0.6 is 0 Å². The molecule has 4 amide bonds. The summed E-state index contributed by atoms with van der Waals surface area (Å²) in [5.41, 5.74) is 1.18. The summed E-state index contributed by atoms with van der Waals surface area (Å²) in [5.74, 6) is -0.481. The van der Waals surface area contributed by atoms with E-state index >= 15 is 0 Å². The normalized spacial score (nSPS) is 18.6. The molecule has 0 aliphatic carbocycles. The predicted octanol–water partition coefficient (Wildman–Crippen LogP) is 2.23. The van der Waals surface area contributed by atoms with Crippen LogP contribution in [0.1, 0.15) is 34.0 Å². The summed E-state index contributed by atoms with van der Waals surface area (Å²) < 4.78 is 0. The summed E-state index contributed by atoms with van der Waals surface area (Å²) in [6.07, 6.45) is 0. The first-order valence-corrected chi connectivity index (χ1v) is 8.71. The molecular weight excluding hydrogens is 356 g/mol. The molecule has 2 aromatic rings. The molecule has 3 rings (SSSR count). The smallest absolute Gasteiger partial charge is 0.325 e. The lowest BCUT2D eigenvalue weighted by Gasteiger charge is -2.22. The first kappa shape index (κ1) is 19.1. The van der Waals surface area contributed by atoms with E-state index in [-0.39, 0.29) is 18.4 Å². The second-order valence-electron chi connectivity index (χ2n) is 7.03. The second-order valence-corrected chi connectivity index (χ2v) is 7.03. The highest BCUT2D eigenvalue weighted by atomic mass is 16.2. The first-order chi connectivity index (χ1) is 13.3. The van der Waals surface area contributed by atoms with E-state index < -0.39 is 11.6 Å². The standard InChI is InChI=1S/C21H20N4O3/c1-21(17-10-6-14(12-22)7-11-17)19(27)25(20(28)23-21)13-15-4-8-16(9-5-15)18(26)24(2)3/h4-11H,13H2,1-3H3,(H,23,28). The molecule has 1 aliphatic heterocycles. The van der Waals surface area contributed by atoms with Crippen LogP contribution in [0, 0.1) is 11.3 Å². The van der Waals surface area contributed by atoms with Gasteiger partial charge in [-0.05, 0) is 42.3 Å². The number of urea groups is 1. The lowest BCUT2D eigenvalue weighted by atomic mass is 9.91. The number of nitrogens with one attached hydrogen (secondary N) is 1. The summed E-state index contributed by atoms with van der Waals surface area (Å²) in [4.78, 5) is 40.0. The number of nitriles is 1. The Hall–Kier alpha value is -3.66. The molecule has 1 fully saturated rings. The van der Waals surface area contributed by atoms with Gasteiger partial charge in [-0.1, -0.05) is 24.3 Å². The zero-order valence-electron chi connectivity index (χ0n) is 15.9. The van der Waals surface area contributed by atoms with E-state index in [0.717, 1.165) is 10.5 Å². The Balaban J connectivity index is 1.80. The topological polar surface area (TPSA) is 93.5 Å². The minimum atomic E-state index is -1.19. The third kappa shape index (κ3) is 3.32. The third-order valence-electron chi connectivity index (χ3n) is 4.81. The molecule has 0 spiro atoms. The zero-order valence-corrected chi connectivity index (χ0v) is 15.9. The van der Waals surface area contributed by atoms with Crippen molar-refractivity contribution in [3.63, 3.8) is 0 Å². The van der Waals surface area contributed by atoms with E-state index in [9.17, 15) is 14.4 Å². The van der Waals surface area contributed by atoms with Crippen molar-refractivity contribution in [1.29, 1.82) is 5.26 Å². The van der Waals surface area contributed by atoms with Crippen LogP contribution < -0.4 is 5.32 Å². The van der Waals surface area contributed by atoms with E-state index in [4.69, 9.17) is 5.26 Å². The summed E-state index contributed by atoms with van der Waals surface area (Å²) in [5, 5.41) is 11.7. The second kappa shape index (κ2) is 7.16. The van der Waals surface area contributed by atoms with Crippen molar-refractivity contribution >= 4 is 17.8 Å². The van der Waals surface area contributed by atoms with Crippen molar-refractivity contribution in [3.8, 4) is 6.07 Å². The Labute approximate surface area is 163 Å². The van der Waals surface area contributed by atoms with Gasteiger partial charge in [0.05, 0.1) is 18.2 Å². The highest BCUT2D eigenvalue weighted by molar-refractivity contribution is 6.07. The fourth-order valence-electron chi connectivity index (χ4n) is 3.11. The van der Waals surface area contributed by atoms with Crippen LogP contribution in [0.5, 0.6) is 0 Å². The number of hydrogen-bond donors (Lipinski definition) is 1. The highest BCUT2D eigenvalue weighted by Gasteiger charge is 2.48. The molecule has 1 saturated heterocycles. The molecule has 1 atom stereocenters. The minimum Gasteiger partial charge on any atom is -0.345 e. The average molecular weight is 376 g/mol. The molecule has 0 radical (unpaired) electrons. The number of hydrogen-bond acceptors (Lipinski definition) is 4. The maximum Gasteiger partial charge on any atom is 0.325 e. The van der Waals surface area contributed by atoms with Crippen molar-refractivity contribution in [3.05, 3.63) is 70.8 Å². The highest BCUT2D eigenvalue weighted by Crippen LogP contribution is 2.30. The summed E-state index contributed by atoms with van der Waals surface area (Å²) in [6, 6.07) is 14.9. The minimum absolute atomic E-state index is 0.104. The number of carbonyl (C=O) groups is 3. The van der Waals surface area contributed by atoms with Gasteiger partial charge < -0.3 is 10.2 Å². The van der Waals surface area contributed by atoms with E-state index in [2.05, 4.69) is 5.32 Å². The number of carbonyl (C=O) groups excluding carboxylic acids is 3. The van der Waals surface area contributed by atoms with Gasteiger partial charge in [0.25, 0.3) is 11.8 Å². The Kier molecular flexibility index (Phi) is 4.89. The largest absolute Gasteiger partial charge is 0.345 e. The van der Waals surface area contributed by atoms with Crippen LogP contribution in [-0.4, -0.2) is 41.7 Å². The van der Waals surface area contributed by atoms with Crippen molar-refractivity contribution in [2.45, 2.75) is 19.0 Å². The van der Waals surface area contributed by atoms with Crippen LogP contribution in [0.2, 0.25) is 0 Å². The predicted molar refractivity (Wildman–Crippen MR) is 102 cm³/mol. The van der Waals surface area contributed by atoms with Crippen LogP contribution in [0.3, 0.4) is 0 Å². The Morgan fingerprint density at radius 3 is 2.25 bits per heavy atom. The van der Waals surface area contributed by atoms with Crippen LogP contribution in [0.25, 0.3) is 0 Å². The van der Waals surface area contributed by atoms with E-state index in [1.54, 1.807) is 69.6 Å². The molecule has 1 aliphatic rings. The molecule has 0 aromatic heterocycles. The molecule has 1 N–H and O–H groups in total. The zero-order chi connectivity index (χ0) is 20.5. The monoisotopic (exact) mass is 376 g/mol. The van der Waals surface area contributed by atoms with Crippen molar-refractivity contribution < 1.29 is 14.4 Å². The van der Waals surface area contributed by atoms with E-state index in [0.29, 0.717) is 16.7 Å². The summed E-state index contributed by atoms with van der Waals surface area (Å²) >= 11 is 0. The lowest BCUT2D eigenvalue weighted by molar-refractivity contribution is -0.131. The fourth-order valence-corrected chi connectivity index (χ4v) is 3.11. The summed E-state index contributed by atoms with van der Waals surface area (Å²) in [6.45, 7) is 1.75. The lowest BCUT2D eigenvalue weighted by Crippen LogP contribution is -2.40. The number of benzene rings is 2. The third-order valence-corrected chi connectivity index (χ3v) is 4.81. The van der Waals surface area contributed by atoms with Gasteiger partial charge in [-0.15, -0.1) is 0 Å². The molecule has 1 heterocycles. The molecular formula is C21H20N4O3. The summed E-state index contributed by atoms with van der Waals surface area (Å²) in [7, 11) is 3.35.